The van der Waals surface area contributed by atoms with Gasteiger partial charge in [-0.2, -0.15) is 21.6 Å². The largest absolute Gasteiger partial charge is 0.484 e. The standard InChI is InChI=1S/C38H48F3N5O3.C7H8O5S2/c1-44-34-25-33(49-36-18-13-29(26-43-36)10-8-6-4-2-3-5-7-9-19-42)17-14-31(34)24-35(44)37(47)46-22-20-45(21-23-46)27-30-11-15-32(16-12-30)48-28-38(39,40)41;8-14(9,10)7-5(1-4-13-7)6-11-2-3-12-6/h11-18,24-26H,2-10,19-23,27-28,42H2,1H3;1,4,6H,2-3H2,(H,8,9,10). The average Bonchev–Trinajstić information content (AvgIpc) is 4.05. The predicted molar refractivity (Wildman–Crippen MR) is 235 cm³/mol. The summed E-state index contributed by atoms with van der Waals surface area (Å²) in [6.45, 7) is 3.56. The third kappa shape index (κ3) is 14.5. The summed E-state index contributed by atoms with van der Waals surface area (Å²) in [5, 5.41) is 2.53. The number of alkyl halides is 3. The van der Waals surface area contributed by atoms with Crippen molar-refractivity contribution in [3.8, 4) is 17.4 Å². The number of halogens is 3. The van der Waals surface area contributed by atoms with Crippen LogP contribution in [0.25, 0.3) is 10.9 Å². The van der Waals surface area contributed by atoms with Crippen LogP contribution in [0.4, 0.5) is 13.2 Å². The van der Waals surface area contributed by atoms with Gasteiger partial charge in [0.05, 0.1) is 18.7 Å². The predicted octanol–water partition coefficient (Wildman–Crippen LogP) is 8.93. The minimum Gasteiger partial charge on any atom is -0.484 e. The van der Waals surface area contributed by atoms with Gasteiger partial charge in [-0.3, -0.25) is 14.2 Å². The lowest BCUT2D eigenvalue weighted by Gasteiger charge is -2.34. The van der Waals surface area contributed by atoms with E-state index in [9.17, 15) is 26.4 Å². The quantitative estimate of drug-likeness (QED) is 0.0602. The van der Waals surface area contributed by atoms with Crippen molar-refractivity contribution in [3.63, 3.8) is 0 Å². The molecule has 0 radical (unpaired) electrons. The molecule has 0 unspecified atom stereocenters. The van der Waals surface area contributed by atoms with E-state index in [2.05, 4.69) is 16.0 Å². The number of pyridine rings is 1. The second kappa shape index (κ2) is 22.9. The molecule has 18 heteroatoms. The van der Waals surface area contributed by atoms with E-state index in [0.717, 1.165) is 53.6 Å². The highest BCUT2D eigenvalue weighted by molar-refractivity contribution is 7.88. The first-order valence-corrected chi connectivity index (χ1v) is 23.6. The number of unbranched alkanes of at least 4 members (excludes halogenated alkanes) is 7. The van der Waals surface area contributed by atoms with Crippen LogP contribution in [0.15, 0.2) is 82.5 Å². The summed E-state index contributed by atoms with van der Waals surface area (Å²) in [6.07, 6.45) is 7.82. The number of aryl methyl sites for hydroxylation is 2. The van der Waals surface area contributed by atoms with Crippen molar-refractivity contribution in [2.24, 2.45) is 12.8 Å². The molecule has 0 spiro atoms. The molecule has 2 fully saturated rings. The van der Waals surface area contributed by atoms with Crippen LogP contribution in [-0.2, 0) is 39.6 Å². The first-order chi connectivity index (χ1) is 30.3. The Labute approximate surface area is 370 Å². The number of thiophene rings is 1. The molecule has 63 heavy (non-hydrogen) atoms. The van der Waals surface area contributed by atoms with Gasteiger partial charge in [0, 0.05) is 69.1 Å². The third-order valence-electron chi connectivity index (χ3n) is 10.8. The maximum atomic E-state index is 13.6. The van der Waals surface area contributed by atoms with Crippen LogP contribution < -0.4 is 15.2 Å². The fourth-order valence-electron chi connectivity index (χ4n) is 7.47. The van der Waals surface area contributed by atoms with Gasteiger partial charge in [-0.15, -0.1) is 11.3 Å². The normalized spacial score (nSPS) is 15.1. The maximum Gasteiger partial charge on any atom is 0.422 e. The van der Waals surface area contributed by atoms with Crippen LogP contribution in [-0.4, -0.2) is 96.9 Å². The molecule has 0 aliphatic carbocycles. The number of fused-ring (bicyclic) bond motifs is 1. The van der Waals surface area contributed by atoms with E-state index in [1.807, 2.05) is 53.0 Å². The Morgan fingerprint density at radius 2 is 1.52 bits per heavy atom. The lowest BCUT2D eigenvalue weighted by molar-refractivity contribution is -0.153. The molecule has 2 saturated heterocycles. The SMILES string of the molecule is Cn1c(C(=O)N2CCN(Cc3ccc(OCC(F)(F)F)cc3)CC2)cc2ccc(Oc3ccc(CCCCCCCCCCN)cn3)cc21.O=S(=O)(O)c1sccc1C1OCCO1. The smallest absolute Gasteiger partial charge is 0.422 e. The van der Waals surface area contributed by atoms with E-state index < -0.39 is 29.2 Å². The Morgan fingerprint density at radius 1 is 0.873 bits per heavy atom. The fraction of sp³-hybridized carbons (Fsp3) is 0.467. The summed E-state index contributed by atoms with van der Waals surface area (Å²) >= 11 is 0.945. The van der Waals surface area contributed by atoms with Crippen molar-refractivity contribution < 1.29 is 49.9 Å². The molecule has 7 rings (SSSR count). The molecular weight excluding hydrogens is 860 g/mol. The Bertz CT molecular complexity index is 2310. The van der Waals surface area contributed by atoms with E-state index in [-0.39, 0.29) is 15.9 Å². The zero-order valence-electron chi connectivity index (χ0n) is 35.4. The zero-order valence-corrected chi connectivity index (χ0v) is 37.1. The topological polar surface area (TPSA) is 159 Å². The molecule has 5 aromatic rings. The molecule has 0 saturated carbocycles. The second-order valence-corrected chi connectivity index (χ2v) is 18.1. The summed E-state index contributed by atoms with van der Waals surface area (Å²) in [4.78, 5) is 22.2. The highest BCUT2D eigenvalue weighted by Gasteiger charge is 2.29. The number of nitrogens with two attached hydrogens (primary N) is 1. The lowest BCUT2D eigenvalue weighted by atomic mass is 10.1. The highest BCUT2D eigenvalue weighted by atomic mass is 32.3. The van der Waals surface area contributed by atoms with Gasteiger partial charge in [-0.25, -0.2) is 4.98 Å². The number of benzene rings is 2. The highest BCUT2D eigenvalue weighted by Crippen LogP contribution is 2.33. The van der Waals surface area contributed by atoms with Crippen LogP contribution in [0.3, 0.4) is 0 Å². The third-order valence-corrected chi connectivity index (χ3v) is 13.2. The van der Waals surface area contributed by atoms with Crippen LogP contribution in [0, 0.1) is 0 Å². The number of carbonyl (C=O) groups is 1. The van der Waals surface area contributed by atoms with Gasteiger partial charge in [-0.05, 0) is 78.7 Å². The molecule has 2 aromatic carbocycles. The second-order valence-electron chi connectivity index (χ2n) is 15.6. The number of hydrogen-bond donors (Lipinski definition) is 2. The number of hydrogen-bond acceptors (Lipinski definition) is 11. The van der Waals surface area contributed by atoms with Crippen LogP contribution in [0.5, 0.6) is 17.4 Å². The monoisotopic (exact) mass is 915 g/mol. The Kier molecular flexibility index (Phi) is 17.4. The van der Waals surface area contributed by atoms with Gasteiger partial charge in [0.2, 0.25) is 5.88 Å². The molecular formula is C45H56F3N5O8S2. The van der Waals surface area contributed by atoms with Gasteiger partial charge in [0.25, 0.3) is 5.91 Å². The number of carbonyl (C=O) groups excluding carboxylic acids is 1. The Balaban J connectivity index is 0.000000397. The van der Waals surface area contributed by atoms with Gasteiger partial charge < -0.3 is 34.1 Å². The molecule has 3 N–H and O–H groups in total. The number of aromatic nitrogens is 2. The van der Waals surface area contributed by atoms with Crippen molar-refractivity contribution in [3.05, 3.63) is 101 Å². The molecule has 2 aliphatic rings. The van der Waals surface area contributed by atoms with Crippen molar-refractivity contribution in [2.45, 2.75) is 81.0 Å². The van der Waals surface area contributed by atoms with Gasteiger partial charge in [0.15, 0.2) is 17.1 Å². The number of nitrogens with zero attached hydrogens (tertiary/aromatic N) is 4. The summed E-state index contributed by atoms with van der Waals surface area (Å²) in [7, 11) is -2.27. The summed E-state index contributed by atoms with van der Waals surface area (Å²) in [5.41, 5.74) is 9.63. The van der Waals surface area contributed by atoms with Gasteiger partial charge in [-0.1, -0.05) is 56.7 Å². The zero-order chi connectivity index (χ0) is 44.8. The average molecular weight is 916 g/mol. The van der Waals surface area contributed by atoms with Crippen molar-refractivity contribution >= 4 is 38.3 Å². The molecule has 3 aromatic heterocycles. The molecule has 0 bridgehead atoms. The molecule has 0 atom stereocenters. The van der Waals surface area contributed by atoms with Crippen molar-refractivity contribution in [1.82, 2.24) is 19.4 Å². The van der Waals surface area contributed by atoms with E-state index in [1.54, 1.807) is 35.7 Å². The van der Waals surface area contributed by atoms with Crippen molar-refractivity contribution in [1.29, 1.82) is 0 Å². The first-order valence-electron chi connectivity index (χ1n) is 21.3. The maximum absolute atomic E-state index is 13.6. The molecule has 342 valence electrons. The number of rotatable bonds is 19. The molecule has 5 heterocycles. The fourth-order valence-corrected chi connectivity index (χ4v) is 9.22. The minimum absolute atomic E-state index is 0.0215. The number of amides is 1. The van der Waals surface area contributed by atoms with E-state index in [0.29, 0.717) is 68.8 Å². The summed E-state index contributed by atoms with van der Waals surface area (Å²) < 4.78 is 90.9. The molecule has 1 amide bonds. The van der Waals surface area contributed by atoms with E-state index in [1.165, 1.54) is 44.1 Å². The van der Waals surface area contributed by atoms with E-state index in [4.69, 9.17) is 29.2 Å². The number of ether oxygens (including phenoxy) is 4. The van der Waals surface area contributed by atoms with Crippen LogP contribution in [0.2, 0.25) is 0 Å². The lowest BCUT2D eigenvalue weighted by Crippen LogP contribution is -2.48. The number of piperazine rings is 1. The van der Waals surface area contributed by atoms with Gasteiger partial charge in [0.1, 0.15) is 17.2 Å². The van der Waals surface area contributed by atoms with Crippen LogP contribution >= 0.6 is 11.3 Å². The Morgan fingerprint density at radius 3 is 2.16 bits per heavy atom. The van der Waals surface area contributed by atoms with Crippen LogP contribution in [0.1, 0.15) is 84.8 Å². The summed E-state index contributed by atoms with van der Waals surface area (Å²) in [6, 6.07) is 20.0. The Hall–Kier alpha value is -4.56. The van der Waals surface area contributed by atoms with E-state index >= 15 is 0 Å². The first kappa shape index (κ1) is 47.9. The van der Waals surface area contributed by atoms with Gasteiger partial charge >= 0.3 is 16.3 Å². The summed E-state index contributed by atoms with van der Waals surface area (Å²) in [5.74, 6) is 1.36. The molecule has 2 aliphatic heterocycles. The molecule has 13 nitrogen and oxygen atoms in total. The van der Waals surface area contributed by atoms with Crippen molar-refractivity contribution in [2.75, 3.05) is 52.5 Å². The minimum atomic E-state index is -4.37.